The SMILES string of the molecule is C=C/C(C(=O)CC)=C(\C=C(/C)NC(=O)C1CC1)Nc1ccc(F)c(C(=N)/C=N\NC)c1OC. The molecule has 1 aromatic carbocycles. The van der Waals surface area contributed by atoms with Gasteiger partial charge in [0.1, 0.15) is 5.82 Å². The van der Waals surface area contributed by atoms with Gasteiger partial charge < -0.3 is 20.8 Å². The first-order chi connectivity index (χ1) is 15.8. The predicted octanol–water partition coefficient (Wildman–Crippen LogP) is 3.67. The van der Waals surface area contributed by atoms with E-state index in [1.54, 1.807) is 27.0 Å². The van der Waals surface area contributed by atoms with Crippen molar-refractivity contribution in [2.45, 2.75) is 33.1 Å². The van der Waals surface area contributed by atoms with Crippen molar-refractivity contribution in [2.75, 3.05) is 19.5 Å². The van der Waals surface area contributed by atoms with Gasteiger partial charge >= 0.3 is 0 Å². The van der Waals surface area contributed by atoms with Gasteiger partial charge in [-0.1, -0.05) is 19.6 Å². The molecule has 176 valence electrons. The summed E-state index contributed by atoms with van der Waals surface area (Å²) >= 11 is 0. The number of ketones is 1. The molecule has 1 aliphatic carbocycles. The number of carbonyl (C=O) groups is 2. The Morgan fingerprint density at radius 2 is 2.06 bits per heavy atom. The van der Waals surface area contributed by atoms with Crippen molar-refractivity contribution >= 4 is 29.3 Å². The summed E-state index contributed by atoms with van der Waals surface area (Å²) in [5.41, 5.74) is 3.74. The van der Waals surface area contributed by atoms with Crippen LogP contribution in [0.25, 0.3) is 0 Å². The molecule has 0 saturated heterocycles. The molecule has 0 spiro atoms. The van der Waals surface area contributed by atoms with Crippen molar-refractivity contribution in [3.8, 4) is 5.75 Å². The maximum atomic E-state index is 14.6. The lowest BCUT2D eigenvalue weighted by Gasteiger charge is -2.18. The number of anilines is 1. The Morgan fingerprint density at radius 3 is 2.61 bits per heavy atom. The van der Waals surface area contributed by atoms with Gasteiger partial charge in [0.15, 0.2) is 11.5 Å². The lowest BCUT2D eigenvalue weighted by Crippen LogP contribution is -2.23. The van der Waals surface area contributed by atoms with E-state index in [0.29, 0.717) is 22.7 Å². The molecule has 0 atom stereocenters. The summed E-state index contributed by atoms with van der Waals surface area (Å²) in [6.45, 7) is 7.20. The molecule has 1 amide bonds. The second-order valence-corrected chi connectivity index (χ2v) is 7.42. The van der Waals surface area contributed by atoms with Crippen LogP contribution >= 0.6 is 0 Å². The maximum Gasteiger partial charge on any atom is 0.227 e. The van der Waals surface area contributed by atoms with Crippen molar-refractivity contribution in [1.82, 2.24) is 10.7 Å². The van der Waals surface area contributed by atoms with E-state index in [2.05, 4.69) is 27.7 Å². The summed E-state index contributed by atoms with van der Waals surface area (Å²) in [5, 5.41) is 17.9. The van der Waals surface area contributed by atoms with Gasteiger partial charge in [-0.2, -0.15) is 5.10 Å². The molecule has 0 unspecified atom stereocenters. The highest BCUT2D eigenvalue weighted by Gasteiger charge is 2.29. The third-order valence-corrected chi connectivity index (χ3v) is 4.92. The van der Waals surface area contributed by atoms with Crippen molar-refractivity contribution in [3.05, 3.63) is 59.2 Å². The third kappa shape index (κ3) is 6.61. The molecule has 0 aliphatic heterocycles. The summed E-state index contributed by atoms with van der Waals surface area (Å²) in [5.74, 6) is -0.799. The number of hydrazone groups is 1. The van der Waals surface area contributed by atoms with Gasteiger partial charge in [-0.3, -0.25) is 15.0 Å². The van der Waals surface area contributed by atoms with Crippen LogP contribution in [0.3, 0.4) is 0 Å². The fraction of sp³-hybridized carbons (Fsp3) is 0.333. The van der Waals surface area contributed by atoms with Gasteiger partial charge in [-0.15, -0.1) is 0 Å². The number of hydrogen-bond acceptors (Lipinski definition) is 7. The molecular formula is C24H30FN5O3. The van der Waals surface area contributed by atoms with Gasteiger partial charge in [-0.25, -0.2) is 4.39 Å². The first-order valence-electron chi connectivity index (χ1n) is 10.6. The van der Waals surface area contributed by atoms with Crippen LogP contribution in [0.2, 0.25) is 0 Å². The number of amides is 1. The van der Waals surface area contributed by atoms with Crippen LogP contribution in [0.15, 0.2) is 52.9 Å². The number of nitrogens with one attached hydrogen (secondary N) is 4. The Labute approximate surface area is 193 Å². The number of rotatable bonds is 12. The fourth-order valence-electron chi connectivity index (χ4n) is 3.10. The average molecular weight is 456 g/mol. The van der Waals surface area contributed by atoms with E-state index in [0.717, 1.165) is 19.1 Å². The normalized spacial score (nSPS) is 14.4. The standard InChI is InChI=1S/C24H30FN5O3/c1-6-16(21(31)7-2)20(12-14(3)29-24(32)15-8-9-15)30-19-11-10-17(25)22(23(19)33-5)18(26)13-28-27-4/h6,10-13,15,26-27,30H,1,7-9H2,2-5H3,(H,29,32)/b14-12+,20-16-,26-18?,28-13-. The molecule has 4 N–H and O–H groups in total. The van der Waals surface area contributed by atoms with Crippen LogP contribution < -0.4 is 20.8 Å². The first-order valence-corrected chi connectivity index (χ1v) is 10.6. The van der Waals surface area contributed by atoms with E-state index in [-0.39, 0.29) is 41.1 Å². The Bertz CT molecular complexity index is 1040. The molecule has 9 heteroatoms. The van der Waals surface area contributed by atoms with E-state index in [4.69, 9.17) is 10.1 Å². The average Bonchev–Trinajstić information content (AvgIpc) is 3.64. The van der Waals surface area contributed by atoms with E-state index < -0.39 is 5.82 Å². The molecule has 1 fully saturated rings. The zero-order valence-corrected chi connectivity index (χ0v) is 19.3. The quantitative estimate of drug-likeness (QED) is 0.166. The number of Topliss-reactive ketones (excluding diaryl/α,β-unsaturated/α-hetero) is 1. The lowest BCUT2D eigenvalue weighted by atomic mass is 10.0. The number of benzene rings is 1. The van der Waals surface area contributed by atoms with Crippen molar-refractivity contribution < 1.29 is 18.7 Å². The number of halogens is 1. The molecule has 0 heterocycles. The second-order valence-electron chi connectivity index (χ2n) is 7.42. The highest BCUT2D eigenvalue weighted by molar-refractivity contribution is 6.37. The molecule has 1 saturated carbocycles. The molecule has 0 aromatic heterocycles. The lowest BCUT2D eigenvalue weighted by molar-refractivity contribution is -0.121. The van der Waals surface area contributed by atoms with Crippen LogP contribution in [0, 0.1) is 17.1 Å². The van der Waals surface area contributed by atoms with E-state index >= 15 is 0 Å². The van der Waals surface area contributed by atoms with Crippen molar-refractivity contribution in [2.24, 2.45) is 11.0 Å². The van der Waals surface area contributed by atoms with Crippen LogP contribution in [0.4, 0.5) is 10.1 Å². The third-order valence-electron chi connectivity index (χ3n) is 4.92. The number of carbonyl (C=O) groups excluding carboxylic acids is 2. The molecule has 8 nitrogen and oxygen atoms in total. The monoisotopic (exact) mass is 455 g/mol. The Kier molecular flexibility index (Phi) is 9.08. The number of methoxy groups -OCH3 is 1. The predicted molar refractivity (Wildman–Crippen MR) is 128 cm³/mol. The zero-order chi connectivity index (χ0) is 24.5. The summed E-state index contributed by atoms with van der Waals surface area (Å²) in [7, 11) is 2.92. The molecule has 0 radical (unpaired) electrons. The number of allylic oxidation sites excluding steroid dienone is 4. The Balaban J connectivity index is 2.55. The Morgan fingerprint density at radius 1 is 1.36 bits per heavy atom. The van der Waals surface area contributed by atoms with Crippen LogP contribution in [0.1, 0.15) is 38.7 Å². The topological polar surface area (TPSA) is 116 Å². The molecular weight excluding hydrogens is 425 g/mol. The van der Waals surface area contributed by atoms with Crippen molar-refractivity contribution in [1.29, 1.82) is 5.41 Å². The summed E-state index contributed by atoms with van der Waals surface area (Å²) in [6.07, 6.45) is 6.19. The van der Waals surface area contributed by atoms with Gasteiger partial charge in [0.05, 0.1) is 36.0 Å². The second kappa shape index (κ2) is 11.8. The highest BCUT2D eigenvalue weighted by Crippen LogP contribution is 2.33. The van der Waals surface area contributed by atoms with Crippen LogP contribution in [0.5, 0.6) is 5.75 Å². The van der Waals surface area contributed by atoms with Gasteiger partial charge in [0, 0.05) is 30.7 Å². The maximum absolute atomic E-state index is 14.6. The minimum atomic E-state index is -0.660. The Hall–Kier alpha value is -3.75. The molecule has 1 aromatic rings. The number of ether oxygens (including phenoxy) is 1. The van der Waals surface area contributed by atoms with Gasteiger partial charge in [-0.05, 0) is 38.0 Å². The van der Waals surface area contributed by atoms with E-state index in [9.17, 15) is 14.0 Å². The molecule has 2 rings (SSSR count). The number of nitrogens with zero attached hydrogens (tertiary/aromatic N) is 1. The van der Waals surface area contributed by atoms with Gasteiger partial charge in [0.25, 0.3) is 0 Å². The largest absolute Gasteiger partial charge is 0.494 e. The van der Waals surface area contributed by atoms with E-state index in [1.807, 2.05) is 0 Å². The molecule has 0 bridgehead atoms. The molecule has 1 aliphatic rings. The highest BCUT2D eigenvalue weighted by atomic mass is 19.1. The minimum absolute atomic E-state index is 0.0231. The zero-order valence-electron chi connectivity index (χ0n) is 19.3. The summed E-state index contributed by atoms with van der Waals surface area (Å²) in [6, 6.07) is 2.64. The van der Waals surface area contributed by atoms with E-state index in [1.165, 1.54) is 25.3 Å². The minimum Gasteiger partial charge on any atom is -0.494 e. The van der Waals surface area contributed by atoms with Crippen molar-refractivity contribution in [3.63, 3.8) is 0 Å². The van der Waals surface area contributed by atoms with Crippen LogP contribution in [-0.4, -0.2) is 37.8 Å². The first kappa shape index (κ1) is 25.5. The summed E-state index contributed by atoms with van der Waals surface area (Å²) in [4.78, 5) is 24.7. The smallest absolute Gasteiger partial charge is 0.227 e. The molecule has 33 heavy (non-hydrogen) atoms. The van der Waals surface area contributed by atoms with Crippen LogP contribution in [-0.2, 0) is 9.59 Å². The fourth-order valence-corrected chi connectivity index (χ4v) is 3.10. The van der Waals surface area contributed by atoms with Gasteiger partial charge in [0.2, 0.25) is 5.91 Å². The number of hydrogen-bond donors (Lipinski definition) is 4. The summed E-state index contributed by atoms with van der Waals surface area (Å²) < 4.78 is 20.0.